The van der Waals surface area contributed by atoms with Crippen LogP contribution in [0.4, 0.5) is 17.7 Å². The second-order valence-corrected chi connectivity index (χ2v) is 8.56. The molecule has 3 aliphatic heterocycles. The number of nitrogen functional groups attached to an aromatic ring is 1. The first-order valence-corrected chi connectivity index (χ1v) is 10.5. The van der Waals surface area contributed by atoms with E-state index in [0.717, 1.165) is 48.6 Å². The Labute approximate surface area is 169 Å². The normalized spacial score (nSPS) is 30.8. The number of anilines is 3. The third kappa shape index (κ3) is 2.75. The van der Waals surface area contributed by atoms with Gasteiger partial charge in [-0.1, -0.05) is 0 Å². The molecule has 3 atom stereocenters. The summed E-state index contributed by atoms with van der Waals surface area (Å²) in [5, 5.41) is 3.75. The van der Waals surface area contributed by atoms with Gasteiger partial charge in [-0.25, -0.2) is 15.0 Å². The van der Waals surface area contributed by atoms with Crippen LogP contribution in [0.5, 0.6) is 0 Å². The topological polar surface area (TPSA) is 105 Å². The van der Waals surface area contributed by atoms with Crippen molar-refractivity contribution in [2.24, 2.45) is 5.92 Å². The van der Waals surface area contributed by atoms with Gasteiger partial charge in [0.05, 0.1) is 18.9 Å². The van der Waals surface area contributed by atoms with Crippen LogP contribution in [0.3, 0.4) is 0 Å². The standard InChI is InChI=1S/C20H26N8O/c21-18-22-10-13(11-23-18)15-9-17(26-19(25-15)27-5-7-29-8-6-27)24-16-12-28-4-3-20(28)2-1-14(16)20/h9-11,14,16H,1-8,12H2,(H2,21,22,23)(H,24,25,26)/t14?,16-,20?/m0/s1. The molecule has 1 spiro atoms. The fourth-order valence-corrected chi connectivity index (χ4v) is 5.49. The zero-order chi connectivity index (χ0) is 19.4. The van der Waals surface area contributed by atoms with Gasteiger partial charge in [-0.15, -0.1) is 0 Å². The van der Waals surface area contributed by atoms with Crippen LogP contribution in [0.2, 0.25) is 0 Å². The molecule has 4 aliphatic rings. The first-order chi connectivity index (χ1) is 14.2. The summed E-state index contributed by atoms with van der Waals surface area (Å²) in [6.45, 7) is 5.34. The zero-order valence-corrected chi connectivity index (χ0v) is 16.4. The van der Waals surface area contributed by atoms with Crippen molar-refractivity contribution in [1.29, 1.82) is 0 Å². The van der Waals surface area contributed by atoms with Gasteiger partial charge in [0.2, 0.25) is 11.9 Å². The number of rotatable bonds is 4. The predicted octanol–water partition coefficient (Wildman–Crippen LogP) is 1.00. The minimum atomic E-state index is 0.264. The largest absolute Gasteiger partial charge is 0.378 e. The lowest BCUT2D eigenvalue weighted by atomic mass is 9.61. The molecule has 2 aromatic heterocycles. The molecule has 1 saturated carbocycles. The first-order valence-electron chi connectivity index (χ1n) is 10.5. The minimum Gasteiger partial charge on any atom is -0.378 e. The Morgan fingerprint density at radius 3 is 2.59 bits per heavy atom. The van der Waals surface area contributed by atoms with E-state index in [2.05, 4.69) is 25.1 Å². The molecule has 152 valence electrons. The molecule has 3 saturated heterocycles. The van der Waals surface area contributed by atoms with E-state index in [-0.39, 0.29) is 5.95 Å². The van der Waals surface area contributed by atoms with Crippen LogP contribution in [0.15, 0.2) is 18.5 Å². The second kappa shape index (κ2) is 6.50. The Balaban J connectivity index is 1.32. The molecule has 5 heterocycles. The Kier molecular flexibility index (Phi) is 3.89. The summed E-state index contributed by atoms with van der Waals surface area (Å²) in [5.41, 5.74) is 7.81. The number of hydrogen-bond acceptors (Lipinski definition) is 9. The van der Waals surface area contributed by atoms with Crippen LogP contribution in [-0.2, 0) is 4.74 Å². The van der Waals surface area contributed by atoms with Crippen LogP contribution in [0, 0.1) is 5.92 Å². The van der Waals surface area contributed by atoms with Gasteiger partial charge in [0.25, 0.3) is 0 Å². The number of nitrogens with one attached hydrogen (secondary N) is 1. The van der Waals surface area contributed by atoms with Crippen molar-refractivity contribution in [2.45, 2.75) is 30.8 Å². The molecule has 1 aliphatic carbocycles. The van der Waals surface area contributed by atoms with E-state index in [1.54, 1.807) is 12.4 Å². The summed E-state index contributed by atoms with van der Waals surface area (Å²) < 4.78 is 5.50. The van der Waals surface area contributed by atoms with E-state index < -0.39 is 0 Å². The van der Waals surface area contributed by atoms with E-state index >= 15 is 0 Å². The summed E-state index contributed by atoms with van der Waals surface area (Å²) in [4.78, 5) is 22.8. The fourth-order valence-electron chi connectivity index (χ4n) is 5.49. The molecule has 0 radical (unpaired) electrons. The smallest absolute Gasteiger partial charge is 0.228 e. The van der Waals surface area contributed by atoms with Crippen molar-refractivity contribution in [3.63, 3.8) is 0 Å². The van der Waals surface area contributed by atoms with E-state index in [1.807, 2.05) is 6.07 Å². The lowest BCUT2D eigenvalue weighted by molar-refractivity contribution is -0.0666. The number of nitrogens with zero attached hydrogens (tertiary/aromatic N) is 6. The van der Waals surface area contributed by atoms with Gasteiger partial charge in [-0.05, 0) is 25.2 Å². The summed E-state index contributed by atoms with van der Waals surface area (Å²) in [6.07, 6.45) is 7.47. The fraction of sp³-hybridized carbons (Fsp3) is 0.600. The zero-order valence-electron chi connectivity index (χ0n) is 16.4. The molecule has 2 unspecified atom stereocenters. The van der Waals surface area contributed by atoms with E-state index in [1.165, 1.54) is 25.8 Å². The number of aromatic nitrogens is 4. The maximum Gasteiger partial charge on any atom is 0.228 e. The predicted molar refractivity (Wildman–Crippen MR) is 110 cm³/mol. The molecule has 9 heteroatoms. The van der Waals surface area contributed by atoms with Gasteiger partial charge < -0.3 is 20.7 Å². The van der Waals surface area contributed by atoms with Gasteiger partial charge in [0, 0.05) is 61.8 Å². The van der Waals surface area contributed by atoms with E-state index in [4.69, 9.17) is 20.4 Å². The molecule has 2 aromatic rings. The van der Waals surface area contributed by atoms with Crippen LogP contribution in [0.1, 0.15) is 19.3 Å². The lowest BCUT2D eigenvalue weighted by Gasteiger charge is -2.58. The third-order valence-corrected chi connectivity index (χ3v) is 7.23. The van der Waals surface area contributed by atoms with Gasteiger partial charge in [-0.3, -0.25) is 4.90 Å². The molecule has 29 heavy (non-hydrogen) atoms. The number of ether oxygens (including phenoxy) is 1. The Morgan fingerprint density at radius 2 is 1.93 bits per heavy atom. The van der Waals surface area contributed by atoms with Gasteiger partial charge in [0.15, 0.2) is 0 Å². The monoisotopic (exact) mass is 394 g/mol. The highest BCUT2D eigenvalue weighted by molar-refractivity contribution is 5.64. The summed E-state index contributed by atoms with van der Waals surface area (Å²) in [6, 6.07) is 2.47. The Hall–Kier alpha value is -2.52. The van der Waals surface area contributed by atoms with Gasteiger partial charge in [0.1, 0.15) is 5.82 Å². The minimum absolute atomic E-state index is 0.264. The van der Waals surface area contributed by atoms with Gasteiger partial charge >= 0.3 is 0 Å². The molecule has 0 bridgehead atoms. The average molecular weight is 394 g/mol. The molecule has 3 N–H and O–H groups in total. The van der Waals surface area contributed by atoms with Crippen LogP contribution in [0.25, 0.3) is 11.3 Å². The van der Waals surface area contributed by atoms with Crippen molar-refractivity contribution in [2.75, 3.05) is 55.3 Å². The van der Waals surface area contributed by atoms with Crippen LogP contribution >= 0.6 is 0 Å². The summed E-state index contributed by atoms with van der Waals surface area (Å²) >= 11 is 0. The average Bonchev–Trinajstić information content (AvgIpc) is 2.84. The number of hydrogen-bond donors (Lipinski definition) is 2. The summed E-state index contributed by atoms with van der Waals surface area (Å²) in [7, 11) is 0. The SMILES string of the molecule is Nc1ncc(-c2cc(N[C@H]3CN4CCC45CCC35)nc(N3CCOCC3)n2)cn1. The number of nitrogens with two attached hydrogens (primary N) is 1. The Bertz CT molecular complexity index is 911. The molecular formula is C20H26N8O. The van der Waals surface area contributed by atoms with Crippen LogP contribution in [-0.4, -0.2) is 75.8 Å². The third-order valence-electron chi connectivity index (χ3n) is 7.23. The summed E-state index contributed by atoms with van der Waals surface area (Å²) in [5.74, 6) is 2.61. The molecule has 6 rings (SSSR count). The van der Waals surface area contributed by atoms with Crippen molar-refractivity contribution in [1.82, 2.24) is 24.8 Å². The quantitative estimate of drug-likeness (QED) is 0.785. The highest BCUT2D eigenvalue weighted by Crippen LogP contribution is 2.57. The van der Waals surface area contributed by atoms with Crippen molar-refractivity contribution in [3.05, 3.63) is 18.5 Å². The highest BCUT2D eigenvalue weighted by atomic mass is 16.5. The molecule has 0 amide bonds. The molecule has 9 nitrogen and oxygen atoms in total. The van der Waals surface area contributed by atoms with Crippen molar-refractivity contribution >= 4 is 17.7 Å². The van der Waals surface area contributed by atoms with Crippen LogP contribution < -0.4 is 16.0 Å². The molecule has 0 aromatic carbocycles. The molecular weight excluding hydrogens is 368 g/mol. The van der Waals surface area contributed by atoms with Crippen molar-refractivity contribution < 1.29 is 4.74 Å². The lowest BCUT2D eigenvalue weighted by Crippen LogP contribution is -2.64. The maximum absolute atomic E-state index is 5.66. The van der Waals surface area contributed by atoms with E-state index in [0.29, 0.717) is 24.8 Å². The number of morpholine rings is 1. The molecule has 4 fully saturated rings. The van der Waals surface area contributed by atoms with Crippen molar-refractivity contribution in [3.8, 4) is 11.3 Å². The van der Waals surface area contributed by atoms with Gasteiger partial charge in [-0.2, -0.15) is 4.98 Å². The Morgan fingerprint density at radius 1 is 1.10 bits per heavy atom. The van der Waals surface area contributed by atoms with E-state index in [9.17, 15) is 0 Å². The first kappa shape index (κ1) is 17.3. The maximum atomic E-state index is 5.66. The highest BCUT2D eigenvalue weighted by Gasteiger charge is 2.63. The second-order valence-electron chi connectivity index (χ2n) is 8.56.